The van der Waals surface area contributed by atoms with Gasteiger partial charge in [0.15, 0.2) is 0 Å². The Hall–Kier alpha value is -0.120. The van der Waals surface area contributed by atoms with E-state index in [1.165, 1.54) is 78.0 Å². The highest BCUT2D eigenvalue weighted by atomic mass is 15.2. The first-order valence-electron chi connectivity index (χ1n) is 7.54. The highest BCUT2D eigenvalue weighted by Crippen LogP contribution is 2.15. The molecule has 0 bridgehead atoms. The van der Waals surface area contributed by atoms with Gasteiger partial charge in [-0.2, -0.15) is 0 Å². The first kappa shape index (κ1) is 13.3. The van der Waals surface area contributed by atoms with Crippen LogP contribution in [-0.4, -0.2) is 62.2 Å². The van der Waals surface area contributed by atoms with Crippen molar-refractivity contribution in [1.29, 1.82) is 0 Å². The molecule has 0 aliphatic carbocycles. The number of piperidine rings is 1. The fourth-order valence-electron chi connectivity index (χ4n) is 3.19. The van der Waals surface area contributed by atoms with E-state index in [9.17, 15) is 0 Å². The largest absolute Gasteiger partial charge is 0.317 e. The molecule has 100 valence electrons. The predicted octanol–water partition coefficient (Wildman–Crippen LogP) is 1.40. The maximum atomic E-state index is 3.46. The van der Waals surface area contributed by atoms with Gasteiger partial charge in [0.05, 0.1) is 0 Å². The van der Waals surface area contributed by atoms with Crippen molar-refractivity contribution < 1.29 is 0 Å². The molecule has 0 unspecified atom stereocenters. The van der Waals surface area contributed by atoms with Crippen LogP contribution in [0.5, 0.6) is 0 Å². The maximum absolute atomic E-state index is 3.46. The zero-order valence-electron chi connectivity index (χ0n) is 11.5. The lowest BCUT2D eigenvalue weighted by molar-refractivity contribution is 0.158. The van der Waals surface area contributed by atoms with Gasteiger partial charge in [0, 0.05) is 6.54 Å². The van der Waals surface area contributed by atoms with Gasteiger partial charge in [-0.25, -0.2) is 0 Å². The molecule has 3 heteroatoms. The van der Waals surface area contributed by atoms with Gasteiger partial charge in [-0.05, 0) is 77.4 Å². The van der Waals surface area contributed by atoms with Crippen LogP contribution in [0.15, 0.2) is 0 Å². The van der Waals surface area contributed by atoms with Crippen LogP contribution in [-0.2, 0) is 0 Å². The molecule has 2 saturated heterocycles. The second kappa shape index (κ2) is 7.34. The molecule has 2 aliphatic heterocycles. The van der Waals surface area contributed by atoms with Crippen molar-refractivity contribution in [3.8, 4) is 0 Å². The van der Waals surface area contributed by atoms with Crippen LogP contribution in [0.4, 0.5) is 0 Å². The van der Waals surface area contributed by atoms with Crippen LogP contribution in [0.25, 0.3) is 0 Å². The van der Waals surface area contributed by atoms with Crippen LogP contribution in [0.1, 0.15) is 32.6 Å². The topological polar surface area (TPSA) is 18.5 Å². The van der Waals surface area contributed by atoms with E-state index >= 15 is 0 Å². The van der Waals surface area contributed by atoms with Crippen molar-refractivity contribution in [2.24, 2.45) is 5.92 Å². The van der Waals surface area contributed by atoms with E-state index in [1.807, 2.05) is 0 Å². The molecule has 2 rings (SSSR count). The Morgan fingerprint density at radius 1 is 0.941 bits per heavy atom. The van der Waals surface area contributed by atoms with E-state index in [-0.39, 0.29) is 0 Å². The molecule has 0 aromatic carbocycles. The summed E-state index contributed by atoms with van der Waals surface area (Å²) in [5, 5.41) is 3.46. The molecule has 17 heavy (non-hydrogen) atoms. The molecule has 0 aromatic heterocycles. The Balaban J connectivity index is 1.70. The number of hydrogen-bond acceptors (Lipinski definition) is 3. The van der Waals surface area contributed by atoms with E-state index < -0.39 is 0 Å². The quantitative estimate of drug-likeness (QED) is 0.803. The van der Waals surface area contributed by atoms with Gasteiger partial charge in [-0.15, -0.1) is 0 Å². The summed E-state index contributed by atoms with van der Waals surface area (Å²) in [5.74, 6) is 0.956. The van der Waals surface area contributed by atoms with E-state index in [1.54, 1.807) is 0 Å². The van der Waals surface area contributed by atoms with Crippen LogP contribution >= 0.6 is 0 Å². The first-order valence-corrected chi connectivity index (χ1v) is 7.54. The molecule has 2 heterocycles. The van der Waals surface area contributed by atoms with Crippen LogP contribution in [0.3, 0.4) is 0 Å². The number of hydrogen-bond donors (Lipinski definition) is 1. The van der Waals surface area contributed by atoms with Crippen LogP contribution < -0.4 is 5.32 Å². The van der Waals surface area contributed by atoms with E-state index in [0.717, 1.165) is 5.92 Å². The second-order valence-electron chi connectivity index (χ2n) is 5.64. The fraction of sp³-hybridized carbons (Fsp3) is 1.00. The van der Waals surface area contributed by atoms with Gasteiger partial charge >= 0.3 is 0 Å². The van der Waals surface area contributed by atoms with Gasteiger partial charge in [-0.3, -0.25) is 0 Å². The molecule has 0 aromatic rings. The zero-order valence-corrected chi connectivity index (χ0v) is 11.5. The van der Waals surface area contributed by atoms with Gasteiger partial charge < -0.3 is 15.1 Å². The van der Waals surface area contributed by atoms with Crippen LogP contribution in [0.2, 0.25) is 0 Å². The van der Waals surface area contributed by atoms with E-state index in [0.29, 0.717) is 0 Å². The third kappa shape index (κ3) is 4.57. The smallest absolute Gasteiger partial charge is 0.00106 e. The summed E-state index contributed by atoms with van der Waals surface area (Å²) in [6, 6.07) is 0. The summed E-state index contributed by atoms with van der Waals surface area (Å²) >= 11 is 0. The Kier molecular flexibility index (Phi) is 5.75. The summed E-state index contributed by atoms with van der Waals surface area (Å²) in [7, 11) is 0. The Bertz CT molecular complexity index is 192. The van der Waals surface area contributed by atoms with Crippen molar-refractivity contribution in [2.45, 2.75) is 32.6 Å². The number of nitrogens with zero attached hydrogens (tertiary/aromatic N) is 2. The van der Waals surface area contributed by atoms with Gasteiger partial charge in [0.1, 0.15) is 0 Å². The summed E-state index contributed by atoms with van der Waals surface area (Å²) in [5.41, 5.74) is 0. The van der Waals surface area contributed by atoms with E-state index in [2.05, 4.69) is 22.0 Å². The SMILES string of the molecule is CCN1CCCN(CC2CCNCC2)CCC1. The van der Waals surface area contributed by atoms with E-state index in [4.69, 9.17) is 0 Å². The van der Waals surface area contributed by atoms with Gasteiger partial charge in [0.2, 0.25) is 0 Å². The molecule has 0 spiro atoms. The lowest BCUT2D eigenvalue weighted by atomic mass is 9.97. The molecule has 1 N–H and O–H groups in total. The van der Waals surface area contributed by atoms with Gasteiger partial charge in [0.25, 0.3) is 0 Å². The Labute approximate surface area is 107 Å². The lowest BCUT2D eigenvalue weighted by Crippen LogP contribution is -2.40. The standard InChI is InChI=1S/C14H29N3/c1-2-16-9-3-11-17(12-4-10-16)13-14-5-7-15-8-6-14/h14-15H,2-13H2,1H3. The minimum Gasteiger partial charge on any atom is -0.317 e. The Morgan fingerprint density at radius 3 is 2.12 bits per heavy atom. The molecule has 0 saturated carbocycles. The predicted molar refractivity (Wildman–Crippen MR) is 73.4 cm³/mol. The second-order valence-corrected chi connectivity index (χ2v) is 5.64. The van der Waals surface area contributed by atoms with Gasteiger partial charge in [-0.1, -0.05) is 6.92 Å². The van der Waals surface area contributed by atoms with Crippen LogP contribution in [0, 0.1) is 5.92 Å². The molecule has 0 amide bonds. The molecule has 3 nitrogen and oxygen atoms in total. The maximum Gasteiger partial charge on any atom is 0.00106 e. The molecule has 2 aliphatic rings. The first-order chi connectivity index (χ1) is 8.38. The average molecular weight is 239 g/mol. The highest BCUT2D eigenvalue weighted by Gasteiger charge is 2.18. The lowest BCUT2D eigenvalue weighted by Gasteiger charge is -2.33. The summed E-state index contributed by atoms with van der Waals surface area (Å²) < 4.78 is 0. The molecule has 0 atom stereocenters. The zero-order chi connectivity index (χ0) is 11.9. The average Bonchev–Trinajstić information content (AvgIpc) is 2.34. The van der Waals surface area contributed by atoms with Crippen molar-refractivity contribution in [3.63, 3.8) is 0 Å². The monoisotopic (exact) mass is 239 g/mol. The molecular formula is C14H29N3. The van der Waals surface area contributed by atoms with Crippen molar-refractivity contribution in [2.75, 3.05) is 52.4 Å². The number of nitrogens with one attached hydrogen (secondary N) is 1. The normalized spacial score (nSPS) is 26.6. The minimum atomic E-state index is 0.956. The summed E-state index contributed by atoms with van der Waals surface area (Å²) in [6.07, 6.45) is 5.49. The molecular weight excluding hydrogens is 210 g/mol. The summed E-state index contributed by atoms with van der Waals surface area (Å²) in [4.78, 5) is 5.32. The fourth-order valence-corrected chi connectivity index (χ4v) is 3.19. The van der Waals surface area contributed by atoms with Crippen molar-refractivity contribution >= 4 is 0 Å². The third-order valence-electron chi connectivity index (χ3n) is 4.32. The number of rotatable bonds is 3. The molecule has 0 radical (unpaired) electrons. The highest BCUT2D eigenvalue weighted by molar-refractivity contribution is 4.74. The Morgan fingerprint density at radius 2 is 1.53 bits per heavy atom. The molecule has 2 fully saturated rings. The van der Waals surface area contributed by atoms with Crippen molar-refractivity contribution in [3.05, 3.63) is 0 Å². The van der Waals surface area contributed by atoms with Crippen molar-refractivity contribution in [1.82, 2.24) is 15.1 Å². The third-order valence-corrected chi connectivity index (χ3v) is 4.32. The summed E-state index contributed by atoms with van der Waals surface area (Å²) in [6.45, 7) is 12.6. The minimum absolute atomic E-state index is 0.956.